The second-order valence-corrected chi connectivity index (χ2v) is 16.3. The zero-order valence-electron chi connectivity index (χ0n) is 23.4. The minimum absolute atomic E-state index is 0. The SMILES string of the molecule is CC([c-]1cccc1P(C1CCCCC1)C1CCCCC1)P(c1ccccc1)c1ccccc1.[Fe].[cH-]1[cH-][cH-][cH-][cH-]1. The Kier molecular flexibility index (Phi) is 12.6. The van der Waals surface area contributed by atoms with Gasteiger partial charge < -0.3 is 30.3 Å². The summed E-state index contributed by atoms with van der Waals surface area (Å²) < 4.78 is 0. The van der Waals surface area contributed by atoms with E-state index >= 15 is 0 Å². The molecule has 0 amide bonds. The van der Waals surface area contributed by atoms with Gasteiger partial charge in [-0.1, -0.05) is 114 Å². The zero-order valence-corrected chi connectivity index (χ0v) is 26.3. The van der Waals surface area contributed by atoms with E-state index in [2.05, 4.69) is 85.8 Å². The standard InChI is InChI=1S/C31H39P2.C5H5.Fe/c1-25(32(26-15-6-2-7-16-26)27-17-8-3-9-18-27)30-23-14-24-31(30)33(28-19-10-4-11-20-28)29-21-12-5-13-22-29;1-2-4-5-3-1;/h2-3,6-9,14-18,23-25,28-29H,4-5,10-13,19-22H2,1H3;1-5H;/q-1;-5;. The van der Waals surface area contributed by atoms with Crippen molar-refractivity contribution in [2.75, 3.05) is 0 Å². The molecule has 0 aromatic heterocycles. The molecule has 4 aromatic rings. The largest absolute Gasteiger partial charge is 0.748 e. The maximum Gasteiger partial charge on any atom is 0 e. The molecule has 0 bridgehead atoms. The van der Waals surface area contributed by atoms with Crippen LogP contribution in [0.15, 0.2) is 109 Å². The molecule has 2 saturated carbocycles. The van der Waals surface area contributed by atoms with E-state index in [-0.39, 0.29) is 25.0 Å². The summed E-state index contributed by atoms with van der Waals surface area (Å²) in [6, 6.07) is 40.1. The van der Waals surface area contributed by atoms with E-state index < -0.39 is 7.92 Å². The molecular formula is C36H44FeP2-6. The summed E-state index contributed by atoms with van der Waals surface area (Å²) in [5, 5.41) is 4.81. The van der Waals surface area contributed by atoms with Gasteiger partial charge in [-0.2, -0.15) is 6.07 Å². The summed E-state index contributed by atoms with van der Waals surface area (Å²) in [5.74, 6) is 0. The minimum Gasteiger partial charge on any atom is -0.748 e. The molecular weight excluding hydrogens is 550 g/mol. The van der Waals surface area contributed by atoms with Gasteiger partial charge in [-0.25, -0.2) is 12.1 Å². The number of benzene rings is 2. The van der Waals surface area contributed by atoms with Gasteiger partial charge in [0.2, 0.25) is 0 Å². The van der Waals surface area contributed by atoms with Gasteiger partial charge in [-0.05, 0) is 61.2 Å². The van der Waals surface area contributed by atoms with Crippen LogP contribution in [0.3, 0.4) is 0 Å². The second-order valence-electron chi connectivity index (χ2n) is 11.0. The van der Waals surface area contributed by atoms with Gasteiger partial charge >= 0.3 is 0 Å². The van der Waals surface area contributed by atoms with E-state index in [0.29, 0.717) is 5.66 Å². The first-order valence-corrected chi connectivity index (χ1v) is 17.8. The van der Waals surface area contributed by atoms with Gasteiger partial charge in [-0.15, -0.1) is 10.9 Å². The molecule has 1 unspecified atom stereocenters. The van der Waals surface area contributed by atoms with Crippen LogP contribution in [0.4, 0.5) is 0 Å². The summed E-state index contributed by atoms with van der Waals surface area (Å²) in [5.41, 5.74) is 4.15. The molecule has 0 spiro atoms. The van der Waals surface area contributed by atoms with Crippen LogP contribution in [-0.2, 0) is 17.1 Å². The Balaban J connectivity index is 0.000000530. The molecule has 2 aliphatic carbocycles. The molecule has 0 saturated heterocycles. The fraction of sp³-hybridized carbons (Fsp3) is 0.389. The van der Waals surface area contributed by atoms with E-state index in [0.717, 1.165) is 11.3 Å². The quantitative estimate of drug-likeness (QED) is 0.114. The van der Waals surface area contributed by atoms with Crippen molar-refractivity contribution in [2.24, 2.45) is 0 Å². The Bertz CT molecular complexity index is 1080. The molecule has 212 valence electrons. The van der Waals surface area contributed by atoms with Crippen molar-refractivity contribution in [1.29, 1.82) is 0 Å². The predicted octanol–water partition coefficient (Wildman–Crippen LogP) is 9.77. The molecule has 0 radical (unpaired) electrons. The molecule has 4 aromatic carbocycles. The first-order chi connectivity index (χ1) is 18.8. The molecule has 2 aliphatic rings. The van der Waals surface area contributed by atoms with Crippen molar-refractivity contribution < 1.29 is 17.1 Å². The topological polar surface area (TPSA) is 0 Å². The van der Waals surface area contributed by atoms with Gasteiger partial charge in [0.25, 0.3) is 0 Å². The van der Waals surface area contributed by atoms with Gasteiger partial charge in [0.05, 0.1) is 0 Å². The predicted molar refractivity (Wildman–Crippen MR) is 172 cm³/mol. The molecule has 0 aliphatic heterocycles. The van der Waals surface area contributed by atoms with Crippen LogP contribution < -0.4 is 15.9 Å². The van der Waals surface area contributed by atoms with Crippen LogP contribution in [-0.4, -0.2) is 11.3 Å². The van der Waals surface area contributed by atoms with E-state index in [4.69, 9.17) is 0 Å². The smallest absolute Gasteiger partial charge is 0 e. The van der Waals surface area contributed by atoms with Crippen LogP contribution in [0.1, 0.15) is 82.4 Å². The molecule has 6 rings (SSSR count). The zero-order chi connectivity index (χ0) is 26.0. The van der Waals surface area contributed by atoms with Gasteiger partial charge in [0.1, 0.15) is 0 Å². The van der Waals surface area contributed by atoms with E-state index in [9.17, 15) is 0 Å². The molecule has 1 atom stereocenters. The Morgan fingerprint density at radius 3 is 1.49 bits per heavy atom. The summed E-state index contributed by atoms with van der Waals surface area (Å²) >= 11 is 0. The minimum atomic E-state index is -0.428. The van der Waals surface area contributed by atoms with Crippen molar-refractivity contribution in [3.8, 4) is 0 Å². The Morgan fingerprint density at radius 1 is 0.615 bits per heavy atom. The Hall–Kier alpha value is -1.48. The normalized spacial score (nSPS) is 17.3. The summed E-state index contributed by atoms with van der Waals surface area (Å²) in [6.45, 7) is 2.53. The van der Waals surface area contributed by atoms with Crippen LogP contribution in [0.5, 0.6) is 0 Å². The average molecular weight is 595 g/mol. The van der Waals surface area contributed by atoms with E-state index in [1.165, 1.54) is 74.8 Å². The fourth-order valence-corrected chi connectivity index (χ4v) is 13.5. The van der Waals surface area contributed by atoms with Crippen LogP contribution in [0, 0.1) is 0 Å². The third-order valence-corrected chi connectivity index (χ3v) is 14.8. The van der Waals surface area contributed by atoms with Crippen molar-refractivity contribution in [3.05, 3.63) is 115 Å². The monoisotopic (exact) mass is 594 g/mol. The molecule has 0 nitrogen and oxygen atoms in total. The summed E-state index contributed by atoms with van der Waals surface area (Å²) in [6.07, 6.45) is 14.7. The maximum absolute atomic E-state index is 2.56. The van der Waals surface area contributed by atoms with E-state index in [1.807, 2.05) is 30.3 Å². The first-order valence-electron chi connectivity index (χ1n) is 14.9. The number of rotatable bonds is 7. The second kappa shape index (κ2) is 16.1. The van der Waals surface area contributed by atoms with Gasteiger partial charge in [0.15, 0.2) is 0 Å². The molecule has 2 fully saturated rings. The van der Waals surface area contributed by atoms with Crippen molar-refractivity contribution >= 4 is 31.8 Å². The van der Waals surface area contributed by atoms with Crippen LogP contribution >= 0.6 is 15.8 Å². The average Bonchev–Trinajstić information content (AvgIpc) is 3.72. The number of hydrogen-bond donors (Lipinski definition) is 0. The third kappa shape index (κ3) is 8.05. The van der Waals surface area contributed by atoms with Gasteiger partial charge in [-0.3, -0.25) is 0 Å². The van der Waals surface area contributed by atoms with Crippen LogP contribution in [0.25, 0.3) is 0 Å². The molecule has 0 heterocycles. The van der Waals surface area contributed by atoms with Crippen LogP contribution in [0.2, 0.25) is 0 Å². The van der Waals surface area contributed by atoms with E-state index in [1.54, 1.807) is 10.9 Å². The fourth-order valence-electron chi connectivity index (χ4n) is 6.66. The molecule has 3 heteroatoms. The third-order valence-electron chi connectivity index (χ3n) is 8.50. The van der Waals surface area contributed by atoms with Crippen molar-refractivity contribution in [3.63, 3.8) is 0 Å². The molecule has 39 heavy (non-hydrogen) atoms. The Labute approximate surface area is 250 Å². The first kappa shape index (κ1) is 30.5. The Morgan fingerprint density at radius 2 is 1.05 bits per heavy atom. The maximum atomic E-state index is 2.56. The summed E-state index contributed by atoms with van der Waals surface area (Å²) in [4.78, 5) is 0. The molecule has 0 N–H and O–H groups in total. The number of hydrogen-bond acceptors (Lipinski definition) is 0. The van der Waals surface area contributed by atoms with Crippen molar-refractivity contribution in [2.45, 2.75) is 88.1 Å². The van der Waals surface area contributed by atoms with Gasteiger partial charge in [0, 0.05) is 17.1 Å². The van der Waals surface area contributed by atoms with Crippen molar-refractivity contribution in [1.82, 2.24) is 0 Å². The summed E-state index contributed by atoms with van der Waals surface area (Å²) in [7, 11) is -0.489.